The monoisotopic (exact) mass is 375 g/mol. The number of rotatable bonds is 5. The van der Waals surface area contributed by atoms with Gasteiger partial charge in [0, 0.05) is 17.1 Å². The van der Waals surface area contributed by atoms with Gasteiger partial charge >= 0.3 is 0 Å². The minimum atomic E-state index is 1.15. The molecule has 0 fully saturated rings. The van der Waals surface area contributed by atoms with E-state index in [4.69, 9.17) is 0 Å². The summed E-state index contributed by atoms with van der Waals surface area (Å²) in [7, 11) is 0. The van der Waals surface area contributed by atoms with Crippen molar-refractivity contribution in [2.45, 2.75) is 13.8 Å². The van der Waals surface area contributed by atoms with E-state index in [1.54, 1.807) is 0 Å². The molecule has 0 saturated carbocycles. The van der Waals surface area contributed by atoms with Crippen LogP contribution in [0.2, 0.25) is 0 Å². The molecule has 0 atom stereocenters. The first-order chi connectivity index (χ1) is 14.2. The van der Waals surface area contributed by atoms with E-state index < -0.39 is 0 Å². The van der Waals surface area contributed by atoms with Gasteiger partial charge in [0.15, 0.2) is 0 Å². The highest BCUT2D eigenvalue weighted by atomic mass is 15.1. The van der Waals surface area contributed by atoms with Crippen LogP contribution in [0.4, 0.5) is 17.1 Å². The first-order valence-corrected chi connectivity index (χ1v) is 9.96. The number of anilines is 3. The van der Waals surface area contributed by atoms with E-state index in [2.05, 4.69) is 128 Å². The number of nitrogens with zero attached hydrogens (tertiary/aromatic N) is 1. The highest BCUT2D eigenvalue weighted by Gasteiger charge is 2.11. The van der Waals surface area contributed by atoms with Crippen molar-refractivity contribution in [2.24, 2.45) is 0 Å². The summed E-state index contributed by atoms with van der Waals surface area (Å²) in [6, 6.07) is 36.5. The van der Waals surface area contributed by atoms with E-state index in [1.807, 2.05) is 6.07 Å². The fourth-order valence-electron chi connectivity index (χ4n) is 3.33. The maximum atomic E-state index is 2.30. The third-order valence-corrected chi connectivity index (χ3v) is 5.00. The summed E-state index contributed by atoms with van der Waals surface area (Å²) >= 11 is 0. The SMILES string of the molecule is Cc1ccc(N(c2ccc(C)cc2)c2ccc(/C=C/c3ccccc3)cc2)cc1. The summed E-state index contributed by atoms with van der Waals surface area (Å²) in [5, 5.41) is 0. The lowest BCUT2D eigenvalue weighted by molar-refractivity contribution is 1.27. The molecule has 0 bridgehead atoms. The average Bonchev–Trinajstić information content (AvgIpc) is 2.77. The lowest BCUT2D eigenvalue weighted by Gasteiger charge is -2.25. The predicted molar refractivity (Wildman–Crippen MR) is 126 cm³/mol. The zero-order valence-corrected chi connectivity index (χ0v) is 16.9. The Morgan fingerprint density at radius 1 is 0.448 bits per heavy atom. The molecule has 1 heteroatoms. The van der Waals surface area contributed by atoms with Crippen LogP contribution in [-0.4, -0.2) is 0 Å². The molecule has 0 aliphatic carbocycles. The fraction of sp³-hybridized carbons (Fsp3) is 0.0714. The molecular weight excluding hydrogens is 350 g/mol. The van der Waals surface area contributed by atoms with E-state index in [9.17, 15) is 0 Å². The lowest BCUT2D eigenvalue weighted by Crippen LogP contribution is -2.09. The Morgan fingerprint density at radius 2 is 0.828 bits per heavy atom. The fourth-order valence-corrected chi connectivity index (χ4v) is 3.33. The highest BCUT2D eigenvalue weighted by Crippen LogP contribution is 2.34. The Labute approximate surface area is 173 Å². The highest BCUT2D eigenvalue weighted by molar-refractivity contribution is 5.78. The van der Waals surface area contributed by atoms with Gasteiger partial charge in [-0.15, -0.1) is 0 Å². The van der Waals surface area contributed by atoms with Gasteiger partial charge < -0.3 is 4.90 Å². The molecule has 142 valence electrons. The standard InChI is InChI=1S/C28H25N/c1-22-8-16-26(17-9-22)29(27-18-10-23(2)11-19-27)28-20-14-25(15-21-28)13-12-24-6-4-3-5-7-24/h3-21H,1-2H3/b13-12+. The van der Waals surface area contributed by atoms with Gasteiger partial charge in [-0.05, 0) is 61.4 Å². The molecular formula is C28H25N. The van der Waals surface area contributed by atoms with E-state index in [0.717, 1.165) is 17.1 Å². The molecule has 4 aromatic carbocycles. The van der Waals surface area contributed by atoms with Gasteiger partial charge in [-0.3, -0.25) is 0 Å². The maximum absolute atomic E-state index is 2.30. The largest absolute Gasteiger partial charge is 0.311 e. The number of benzene rings is 4. The second-order valence-corrected chi connectivity index (χ2v) is 7.34. The van der Waals surface area contributed by atoms with Crippen LogP contribution >= 0.6 is 0 Å². The van der Waals surface area contributed by atoms with Crippen molar-refractivity contribution >= 4 is 29.2 Å². The normalized spacial score (nSPS) is 11.0. The summed E-state index contributed by atoms with van der Waals surface area (Å²) in [5.41, 5.74) is 8.38. The van der Waals surface area contributed by atoms with Crippen LogP contribution in [-0.2, 0) is 0 Å². The molecule has 0 aromatic heterocycles. The van der Waals surface area contributed by atoms with Crippen molar-refractivity contribution in [3.63, 3.8) is 0 Å². The molecule has 0 aliphatic heterocycles. The second-order valence-electron chi connectivity index (χ2n) is 7.34. The Hall–Kier alpha value is -3.58. The Balaban J connectivity index is 1.66. The van der Waals surface area contributed by atoms with Crippen LogP contribution in [0.1, 0.15) is 22.3 Å². The summed E-state index contributed by atoms with van der Waals surface area (Å²) < 4.78 is 0. The van der Waals surface area contributed by atoms with Crippen molar-refractivity contribution in [1.82, 2.24) is 0 Å². The van der Waals surface area contributed by atoms with Crippen molar-refractivity contribution < 1.29 is 0 Å². The van der Waals surface area contributed by atoms with Crippen LogP contribution in [0.3, 0.4) is 0 Å². The van der Waals surface area contributed by atoms with Crippen molar-refractivity contribution in [3.05, 3.63) is 125 Å². The third-order valence-electron chi connectivity index (χ3n) is 5.00. The molecule has 0 amide bonds. The van der Waals surface area contributed by atoms with E-state index in [0.29, 0.717) is 0 Å². The summed E-state index contributed by atoms with van der Waals surface area (Å²) in [4.78, 5) is 2.30. The Morgan fingerprint density at radius 3 is 1.28 bits per heavy atom. The third kappa shape index (κ3) is 4.64. The first kappa shape index (κ1) is 18.8. The summed E-state index contributed by atoms with van der Waals surface area (Å²) in [6.07, 6.45) is 4.30. The molecule has 0 aliphatic rings. The molecule has 29 heavy (non-hydrogen) atoms. The molecule has 0 spiro atoms. The Kier molecular flexibility index (Phi) is 5.58. The molecule has 0 unspecified atom stereocenters. The van der Waals surface area contributed by atoms with Gasteiger partial charge in [0.05, 0.1) is 0 Å². The van der Waals surface area contributed by atoms with Crippen molar-refractivity contribution in [3.8, 4) is 0 Å². The molecule has 0 heterocycles. The molecule has 0 saturated heterocycles. The van der Waals surface area contributed by atoms with Gasteiger partial charge in [-0.2, -0.15) is 0 Å². The van der Waals surface area contributed by atoms with Crippen LogP contribution in [0, 0.1) is 13.8 Å². The van der Waals surface area contributed by atoms with E-state index in [-0.39, 0.29) is 0 Å². The maximum Gasteiger partial charge on any atom is 0.0462 e. The molecule has 0 radical (unpaired) electrons. The van der Waals surface area contributed by atoms with Crippen molar-refractivity contribution in [1.29, 1.82) is 0 Å². The number of hydrogen-bond acceptors (Lipinski definition) is 1. The molecule has 4 rings (SSSR count). The van der Waals surface area contributed by atoms with Gasteiger partial charge in [0.25, 0.3) is 0 Å². The van der Waals surface area contributed by atoms with Crippen LogP contribution in [0.15, 0.2) is 103 Å². The van der Waals surface area contributed by atoms with Gasteiger partial charge in [-0.1, -0.05) is 90.0 Å². The van der Waals surface area contributed by atoms with Crippen LogP contribution in [0.25, 0.3) is 12.2 Å². The number of aryl methyl sites for hydroxylation is 2. The smallest absolute Gasteiger partial charge is 0.0462 e. The minimum Gasteiger partial charge on any atom is -0.311 e. The topological polar surface area (TPSA) is 3.24 Å². The molecule has 1 nitrogen and oxygen atoms in total. The summed E-state index contributed by atoms with van der Waals surface area (Å²) in [5.74, 6) is 0. The quantitative estimate of drug-likeness (QED) is 0.320. The Bertz CT molecular complexity index is 1030. The lowest BCUT2D eigenvalue weighted by atomic mass is 10.1. The van der Waals surface area contributed by atoms with E-state index >= 15 is 0 Å². The van der Waals surface area contributed by atoms with Gasteiger partial charge in [0.2, 0.25) is 0 Å². The predicted octanol–water partition coefficient (Wildman–Crippen LogP) is 7.94. The van der Waals surface area contributed by atoms with Crippen molar-refractivity contribution in [2.75, 3.05) is 4.90 Å². The zero-order chi connectivity index (χ0) is 20.1. The van der Waals surface area contributed by atoms with Crippen LogP contribution in [0.5, 0.6) is 0 Å². The zero-order valence-electron chi connectivity index (χ0n) is 16.9. The van der Waals surface area contributed by atoms with Crippen LogP contribution < -0.4 is 4.90 Å². The van der Waals surface area contributed by atoms with E-state index in [1.165, 1.54) is 22.3 Å². The summed E-state index contributed by atoms with van der Waals surface area (Å²) in [6.45, 7) is 4.24. The van der Waals surface area contributed by atoms with Gasteiger partial charge in [0.1, 0.15) is 0 Å². The minimum absolute atomic E-state index is 1.15. The molecule has 4 aromatic rings. The van der Waals surface area contributed by atoms with Gasteiger partial charge in [-0.25, -0.2) is 0 Å². The molecule has 0 N–H and O–H groups in total. The first-order valence-electron chi connectivity index (χ1n) is 9.96. The second kappa shape index (κ2) is 8.62. The average molecular weight is 376 g/mol. The number of hydrogen-bond donors (Lipinski definition) is 0.